The summed E-state index contributed by atoms with van der Waals surface area (Å²) in [5.41, 5.74) is 0. The molecule has 1 fully saturated rings. The Kier molecular flexibility index (Phi) is 3.54. The van der Waals surface area contributed by atoms with E-state index in [0.717, 1.165) is 4.88 Å². The molecule has 0 radical (unpaired) electrons. The van der Waals surface area contributed by atoms with Crippen LogP contribution >= 0.6 is 22.7 Å². The van der Waals surface area contributed by atoms with E-state index in [1.807, 2.05) is 17.5 Å². The van der Waals surface area contributed by atoms with Crippen LogP contribution in [0.4, 0.5) is 5.13 Å². The Bertz CT molecular complexity index is 610. The first-order valence-electron chi connectivity index (χ1n) is 6.16. The van der Waals surface area contributed by atoms with Gasteiger partial charge >= 0.3 is 0 Å². The highest BCUT2D eigenvalue weighted by Crippen LogP contribution is 2.39. The fourth-order valence-electron chi connectivity index (χ4n) is 2.44. The lowest BCUT2D eigenvalue weighted by Gasteiger charge is -2.22. The number of hydrogen-bond acceptors (Lipinski definition) is 5. The minimum atomic E-state index is -0.366. The van der Waals surface area contributed by atoms with Crippen molar-refractivity contribution in [3.8, 4) is 0 Å². The van der Waals surface area contributed by atoms with Gasteiger partial charge in [0.05, 0.1) is 12.0 Å². The molecule has 3 heterocycles. The molecule has 0 aromatic carbocycles. The molecule has 1 N–H and O–H groups in total. The molecule has 5 nitrogen and oxygen atoms in total. The lowest BCUT2D eigenvalue weighted by molar-refractivity contribution is -0.127. The molecule has 2 aromatic rings. The smallest absolute Gasteiger partial charge is 0.232 e. The number of likely N-dealkylation sites (tertiary alicyclic amines) is 1. The van der Waals surface area contributed by atoms with E-state index >= 15 is 0 Å². The summed E-state index contributed by atoms with van der Waals surface area (Å²) in [6.07, 6.45) is 1.89. The minimum Gasteiger partial charge on any atom is -0.337 e. The fourth-order valence-corrected chi connectivity index (χ4v) is 3.90. The third-order valence-electron chi connectivity index (χ3n) is 3.42. The topological polar surface area (TPSA) is 62.3 Å². The summed E-state index contributed by atoms with van der Waals surface area (Å²) >= 11 is 2.94. The third-order valence-corrected chi connectivity index (χ3v) is 5.05. The number of nitrogens with one attached hydrogen (secondary N) is 1. The van der Waals surface area contributed by atoms with Gasteiger partial charge < -0.3 is 10.2 Å². The van der Waals surface area contributed by atoms with Gasteiger partial charge in [0, 0.05) is 29.9 Å². The zero-order chi connectivity index (χ0) is 14.1. The maximum atomic E-state index is 12.4. The Morgan fingerprint density at radius 2 is 2.30 bits per heavy atom. The average molecular weight is 307 g/mol. The summed E-state index contributed by atoms with van der Waals surface area (Å²) in [7, 11) is 1.75. The van der Waals surface area contributed by atoms with Crippen LogP contribution in [-0.4, -0.2) is 28.7 Å². The SMILES string of the molecule is CN1C(=O)C[C@H](C(=O)Nc2nccs2)[C@@H]1c1cccs1. The molecule has 3 rings (SSSR count). The first-order valence-corrected chi connectivity index (χ1v) is 7.92. The molecule has 0 unspecified atom stereocenters. The molecule has 0 spiro atoms. The van der Waals surface area contributed by atoms with Gasteiger partial charge in [-0.3, -0.25) is 9.59 Å². The zero-order valence-electron chi connectivity index (χ0n) is 10.8. The highest BCUT2D eigenvalue weighted by molar-refractivity contribution is 7.13. The molecule has 2 amide bonds. The second kappa shape index (κ2) is 5.34. The highest BCUT2D eigenvalue weighted by Gasteiger charge is 2.43. The molecular weight excluding hydrogens is 294 g/mol. The van der Waals surface area contributed by atoms with Gasteiger partial charge in [0.2, 0.25) is 11.8 Å². The van der Waals surface area contributed by atoms with Crippen molar-refractivity contribution in [1.82, 2.24) is 9.88 Å². The molecular formula is C13H13N3O2S2. The predicted octanol–water partition coefficient (Wildman–Crippen LogP) is 2.36. The van der Waals surface area contributed by atoms with Gasteiger partial charge in [-0.15, -0.1) is 22.7 Å². The Labute approximate surface area is 124 Å². The zero-order valence-corrected chi connectivity index (χ0v) is 12.4. The van der Waals surface area contributed by atoms with Crippen molar-refractivity contribution in [3.63, 3.8) is 0 Å². The van der Waals surface area contributed by atoms with E-state index in [2.05, 4.69) is 10.3 Å². The number of aromatic nitrogens is 1. The lowest BCUT2D eigenvalue weighted by atomic mass is 9.98. The van der Waals surface area contributed by atoms with Crippen molar-refractivity contribution in [2.75, 3.05) is 12.4 Å². The summed E-state index contributed by atoms with van der Waals surface area (Å²) in [5.74, 6) is -0.506. The summed E-state index contributed by atoms with van der Waals surface area (Å²) < 4.78 is 0. The largest absolute Gasteiger partial charge is 0.337 e. The monoisotopic (exact) mass is 307 g/mol. The van der Waals surface area contributed by atoms with Gasteiger partial charge in [-0.1, -0.05) is 6.07 Å². The van der Waals surface area contributed by atoms with Crippen molar-refractivity contribution in [2.45, 2.75) is 12.5 Å². The number of amides is 2. The van der Waals surface area contributed by atoms with Crippen molar-refractivity contribution in [2.24, 2.45) is 5.92 Å². The number of hydrogen-bond donors (Lipinski definition) is 1. The van der Waals surface area contributed by atoms with E-state index in [1.165, 1.54) is 11.3 Å². The van der Waals surface area contributed by atoms with Crippen LogP contribution in [0, 0.1) is 5.92 Å². The Balaban J connectivity index is 1.83. The quantitative estimate of drug-likeness (QED) is 0.947. The first-order chi connectivity index (χ1) is 9.66. The Hall–Kier alpha value is -1.73. The molecule has 7 heteroatoms. The summed E-state index contributed by atoms with van der Waals surface area (Å²) in [6.45, 7) is 0. The second-order valence-electron chi connectivity index (χ2n) is 4.60. The number of carbonyl (C=O) groups is 2. The lowest BCUT2D eigenvalue weighted by Crippen LogP contribution is -2.29. The number of nitrogens with zero attached hydrogens (tertiary/aromatic N) is 2. The molecule has 0 bridgehead atoms. The van der Waals surface area contributed by atoms with Crippen molar-refractivity contribution < 1.29 is 9.59 Å². The molecule has 2 atom stereocenters. The number of rotatable bonds is 3. The van der Waals surface area contributed by atoms with Gasteiger partial charge in [-0.25, -0.2) is 4.98 Å². The molecule has 2 aromatic heterocycles. The van der Waals surface area contributed by atoms with Gasteiger partial charge in [-0.2, -0.15) is 0 Å². The van der Waals surface area contributed by atoms with E-state index in [4.69, 9.17) is 0 Å². The summed E-state index contributed by atoms with van der Waals surface area (Å²) in [4.78, 5) is 31.1. The van der Waals surface area contributed by atoms with Crippen LogP contribution in [0.5, 0.6) is 0 Å². The van der Waals surface area contributed by atoms with Crippen LogP contribution in [0.1, 0.15) is 17.3 Å². The maximum absolute atomic E-state index is 12.4. The van der Waals surface area contributed by atoms with E-state index in [1.54, 1.807) is 34.9 Å². The maximum Gasteiger partial charge on any atom is 0.232 e. The first kappa shape index (κ1) is 13.3. The Morgan fingerprint density at radius 1 is 1.45 bits per heavy atom. The van der Waals surface area contributed by atoms with Gasteiger partial charge in [0.15, 0.2) is 5.13 Å². The number of thiophene rings is 1. The predicted molar refractivity (Wildman–Crippen MR) is 78.7 cm³/mol. The normalized spacial score (nSPS) is 22.2. The third kappa shape index (κ3) is 2.34. The summed E-state index contributed by atoms with van der Waals surface area (Å²) in [6, 6.07) is 3.73. The number of anilines is 1. The van der Waals surface area contributed by atoms with Gasteiger partial charge in [0.25, 0.3) is 0 Å². The van der Waals surface area contributed by atoms with E-state index < -0.39 is 0 Å². The molecule has 0 aliphatic carbocycles. The van der Waals surface area contributed by atoms with E-state index in [0.29, 0.717) is 5.13 Å². The van der Waals surface area contributed by atoms with Crippen LogP contribution in [0.25, 0.3) is 0 Å². The number of thiazole rings is 1. The van der Waals surface area contributed by atoms with E-state index in [9.17, 15) is 9.59 Å². The standard InChI is InChI=1S/C13H13N3O2S2/c1-16-10(17)7-8(11(16)9-3-2-5-19-9)12(18)15-13-14-4-6-20-13/h2-6,8,11H,7H2,1H3,(H,14,15,18)/t8-,11+/m0/s1. The molecule has 0 saturated carbocycles. The Morgan fingerprint density at radius 3 is 2.95 bits per heavy atom. The highest BCUT2D eigenvalue weighted by atomic mass is 32.1. The number of carbonyl (C=O) groups excluding carboxylic acids is 2. The average Bonchev–Trinajstić information content (AvgIpc) is 3.13. The van der Waals surface area contributed by atoms with Crippen molar-refractivity contribution in [1.29, 1.82) is 0 Å². The summed E-state index contributed by atoms with van der Waals surface area (Å²) in [5, 5.41) is 7.13. The molecule has 1 aliphatic heterocycles. The molecule has 20 heavy (non-hydrogen) atoms. The van der Waals surface area contributed by atoms with Crippen molar-refractivity contribution in [3.05, 3.63) is 34.0 Å². The minimum absolute atomic E-state index is 0.00249. The van der Waals surface area contributed by atoms with Gasteiger partial charge in [-0.05, 0) is 11.4 Å². The van der Waals surface area contributed by atoms with Crippen LogP contribution < -0.4 is 5.32 Å². The van der Waals surface area contributed by atoms with Crippen molar-refractivity contribution >= 4 is 39.6 Å². The second-order valence-corrected chi connectivity index (χ2v) is 6.48. The van der Waals surface area contributed by atoms with Gasteiger partial charge in [0.1, 0.15) is 0 Å². The van der Waals surface area contributed by atoms with E-state index in [-0.39, 0.29) is 30.2 Å². The van der Waals surface area contributed by atoms with Crippen LogP contribution in [0.3, 0.4) is 0 Å². The fraction of sp³-hybridized carbons (Fsp3) is 0.308. The molecule has 104 valence electrons. The molecule has 1 saturated heterocycles. The molecule has 1 aliphatic rings. The van der Waals surface area contributed by atoms with Crippen LogP contribution in [0.15, 0.2) is 29.1 Å². The van der Waals surface area contributed by atoms with Crippen LogP contribution in [0.2, 0.25) is 0 Å². The van der Waals surface area contributed by atoms with Crippen LogP contribution in [-0.2, 0) is 9.59 Å².